The first-order chi connectivity index (χ1) is 11.3. The van der Waals surface area contributed by atoms with Crippen molar-refractivity contribution in [2.75, 3.05) is 7.11 Å². The number of nitrogens with one attached hydrogen (secondary N) is 1. The number of benzene rings is 2. The highest BCUT2D eigenvalue weighted by molar-refractivity contribution is 5.94. The van der Waals surface area contributed by atoms with Crippen molar-refractivity contribution in [2.24, 2.45) is 0 Å². The number of ether oxygens (including phenoxy) is 1. The van der Waals surface area contributed by atoms with E-state index in [0.717, 1.165) is 17.0 Å². The van der Waals surface area contributed by atoms with Gasteiger partial charge >= 0.3 is 0 Å². The predicted octanol–water partition coefficient (Wildman–Crippen LogP) is 3.42. The summed E-state index contributed by atoms with van der Waals surface area (Å²) in [5, 5.41) is 2.94. The first-order valence-electron chi connectivity index (χ1n) is 7.41. The molecule has 0 saturated carbocycles. The molecule has 0 fully saturated rings. The molecule has 0 aliphatic rings. The van der Waals surface area contributed by atoms with E-state index in [-0.39, 0.29) is 5.91 Å². The lowest BCUT2D eigenvalue weighted by Crippen LogP contribution is -2.22. The van der Waals surface area contributed by atoms with Crippen molar-refractivity contribution in [3.8, 4) is 11.4 Å². The Hall–Kier alpha value is -3.01. The molecule has 0 saturated heterocycles. The number of carbonyl (C=O) groups is 1. The molecule has 0 spiro atoms. The van der Waals surface area contributed by atoms with Crippen molar-refractivity contribution in [3.05, 3.63) is 84.2 Å². The van der Waals surface area contributed by atoms with E-state index in [9.17, 15) is 4.79 Å². The predicted molar refractivity (Wildman–Crippen MR) is 89.9 cm³/mol. The molecule has 1 N–H and O–H groups in total. The third-order valence-electron chi connectivity index (χ3n) is 3.60. The van der Waals surface area contributed by atoms with E-state index in [2.05, 4.69) is 5.32 Å². The minimum atomic E-state index is -0.0955. The van der Waals surface area contributed by atoms with Gasteiger partial charge in [-0.05, 0) is 48.0 Å². The van der Waals surface area contributed by atoms with Gasteiger partial charge in [0.1, 0.15) is 5.75 Å². The summed E-state index contributed by atoms with van der Waals surface area (Å²) in [4.78, 5) is 12.3. The molecule has 0 bridgehead atoms. The van der Waals surface area contributed by atoms with E-state index in [1.807, 2.05) is 77.6 Å². The maximum atomic E-state index is 12.3. The van der Waals surface area contributed by atoms with E-state index in [4.69, 9.17) is 4.74 Å². The molecule has 0 radical (unpaired) electrons. The quantitative estimate of drug-likeness (QED) is 0.785. The van der Waals surface area contributed by atoms with Crippen molar-refractivity contribution in [3.63, 3.8) is 0 Å². The maximum Gasteiger partial charge on any atom is 0.251 e. The minimum Gasteiger partial charge on any atom is -0.497 e. The number of aromatic nitrogens is 1. The van der Waals surface area contributed by atoms with Gasteiger partial charge in [0.15, 0.2) is 0 Å². The van der Waals surface area contributed by atoms with Crippen LogP contribution < -0.4 is 10.1 Å². The van der Waals surface area contributed by atoms with Gasteiger partial charge in [-0.2, -0.15) is 0 Å². The van der Waals surface area contributed by atoms with E-state index < -0.39 is 0 Å². The van der Waals surface area contributed by atoms with Crippen LogP contribution in [0.3, 0.4) is 0 Å². The number of hydrogen-bond donors (Lipinski definition) is 1. The van der Waals surface area contributed by atoms with Crippen molar-refractivity contribution in [1.82, 2.24) is 9.88 Å². The fraction of sp³-hybridized carbons (Fsp3) is 0.105. The zero-order valence-electron chi connectivity index (χ0n) is 12.9. The van der Waals surface area contributed by atoms with Crippen molar-refractivity contribution in [1.29, 1.82) is 0 Å². The third-order valence-corrected chi connectivity index (χ3v) is 3.60. The molecule has 1 heterocycles. The van der Waals surface area contributed by atoms with Gasteiger partial charge in [0, 0.05) is 30.2 Å². The van der Waals surface area contributed by atoms with Crippen LogP contribution in [0, 0.1) is 0 Å². The van der Waals surface area contributed by atoms with Gasteiger partial charge in [0.25, 0.3) is 5.91 Å². The number of carbonyl (C=O) groups excluding carboxylic acids is 1. The van der Waals surface area contributed by atoms with Crippen molar-refractivity contribution >= 4 is 5.91 Å². The second kappa shape index (κ2) is 6.83. The highest BCUT2D eigenvalue weighted by Crippen LogP contribution is 2.13. The molecule has 23 heavy (non-hydrogen) atoms. The summed E-state index contributed by atoms with van der Waals surface area (Å²) in [5.74, 6) is 0.688. The first-order valence-corrected chi connectivity index (χ1v) is 7.41. The minimum absolute atomic E-state index is 0.0955. The fourth-order valence-electron chi connectivity index (χ4n) is 2.38. The van der Waals surface area contributed by atoms with Crippen LogP contribution in [-0.2, 0) is 6.54 Å². The molecular weight excluding hydrogens is 288 g/mol. The summed E-state index contributed by atoms with van der Waals surface area (Å²) in [6, 6.07) is 19.1. The Kier molecular flexibility index (Phi) is 4.43. The molecule has 0 unspecified atom stereocenters. The van der Waals surface area contributed by atoms with Gasteiger partial charge < -0.3 is 14.6 Å². The average Bonchev–Trinajstić information content (AvgIpc) is 3.14. The van der Waals surface area contributed by atoms with Crippen LogP contribution in [0.4, 0.5) is 0 Å². The molecular formula is C19H18N2O2. The monoisotopic (exact) mass is 306 g/mol. The van der Waals surface area contributed by atoms with Gasteiger partial charge in [-0.3, -0.25) is 4.79 Å². The van der Waals surface area contributed by atoms with Crippen LogP contribution in [0.25, 0.3) is 5.69 Å². The lowest BCUT2D eigenvalue weighted by molar-refractivity contribution is 0.0951. The second-order valence-corrected chi connectivity index (χ2v) is 5.17. The molecule has 3 aromatic rings. The number of hydrogen-bond acceptors (Lipinski definition) is 2. The van der Waals surface area contributed by atoms with E-state index >= 15 is 0 Å². The molecule has 1 aromatic heterocycles. The van der Waals surface area contributed by atoms with Crippen LogP contribution >= 0.6 is 0 Å². The topological polar surface area (TPSA) is 43.3 Å². The average molecular weight is 306 g/mol. The maximum absolute atomic E-state index is 12.3. The van der Waals surface area contributed by atoms with Crippen LogP contribution in [0.1, 0.15) is 15.9 Å². The number of nitrogens with zero attached hydrogens (tertiary/aromatic N) is 1. The fourth-order valence-corrected chi connectivity index (χ4v) is 2.38. The molecule has 4 nitrogen and oxygen atoms in total. The van der Waals surface area contributed by atoms with E-state index in [1.54, 1.807) is 7.11 Å². The number of amides is 1. The van der Waals surface area contributed by atoms with Gasteiger partial charge in [-0.15, -0.1) is 0 Å². The van der Waals surface area contributed by atoms with Gasteiger partial charge in [0.2, 0.25) is 0 Å². The van der Waals surface area contributed by atoms with Gasteiger partial charge in [-0.25, -0.2) is 0 Å². The van der Waals surface area contributed by atoms with Crippen LogP contribution in [0.15, 0.2) is 73.1 Å². The van der Waals surface area contributed by atoms with Gasteiger partial charge in [0.05, 0.1) is 7.11 Å². The number of rotatable bonds is 5. The molecule has 0 aliphatic heterocycles. The summed E-state index contributed by atoms with van der Waals surface area (Å²) in [6.45, 7) is 0.462. The zero-order chi connectivity index (χ0) is 16.1. The zero-order valence-corrected chi connectivity index (χ0v) is 12.9. The van der Waals surface area contributed by atoms with E-state index in [0.29, 0.717) is 12.1 Å². The van der Waals surface area contributed by atoms with E-state index in [1.165, 1.54) is 0 Å². The first kappa shape index (κ1) is 14.9. The van der Waals surface area contributed by atoms with Crippen LogP contribution in [0.2, 0.25) is 0 Å². The Balaban J connectivity index is 1.70. The molecule has 116 valence electrons. The summed E-state index contributed by atoms with van der Waals surface area (Å²) in [5.41, 5.74) is 2.60. The summed E-state index contributed by atoms with van der Waals surface area (Å²) < 4.78 is 7.16. The van der Waals surface area contributed by atoms with Crippen LogP contribution in [0.5, 0.6) is 5.75 Å². The Morgan fingerprint density at radius 1 is 1.04 bits per heavy atom. The summed E-state index contributed by atoms with van der Waals surface area (Å²) in [6.07, 6.45) is 3.90. The largest absolute Gasteiger partial charge is 0.497 e. The van der Waals surface area contributed by atoms with Crippen molar-refractivity contribution in [2.45, 2.75) is 6.54 Å². The highest BCUT2D eigenvalue weighted by atomic mass is 16.5. The molecule has 0 aliphatic carbocycles. The standard InChI is InChI=1S/C19H18N2O2/c1-23-18-9-4-6-15(12-18)14-20-19(22)16-7-5-8-17(13-16)21-10-2-3-11-21/h2-13H,14H2,1H3,(H,20,22). The Morgan fingerprint density at radius 3 is 2.61 bits per heavy atom. The normalized spacial score (nSPS) is 10.3. The molecule has 1 amide bonds. The Bertz CT molecular complexity index is 795. The van der Waals surface area contributed by atoms with Crippen LogP contribution in [-0.4, -0.2) is 17.6 Å². The SMILES string of the molecule is COc1cccc(CNC(=O)c2cccc(-n3cccc3)c2)c1. The Morgan fingerprint density at radius 2 is 1.83 bits per heavy atom. The lowest BCUT2D eigenvalue weighted by Gasteiger charge is -2.09. The summed E-state index contributed by atoms with van der Waals surface area (Å²) in [7, 11) is 1.63. The third kappa shape index (κ3) is 3.61. The molecule has 3 rings (SSSR count). The molecule has 4 heteroatoms. The van der Waals surface area contributed by atoms with Crippen molar-refractivity contribution < 1.29 is 9.53 Å². The smallest absolute Gasteiger partial charge is 0.251 e. The summed E-state index contributed by atoms with van der Waals surface area (Å²) >= 11 is 0. The Labute approximate surface area is 135 Å². The molecule has 2 aromatic carbocycles. The number of methoxy groups -OCH3 is 1. The van der Waals surface area contributed by atoms with Gasteiger partial charge in [-0.1, -0.05) is 18.2 Å². The molecule has 0 atom stereocenters. The lowest BCUT2D eigenvalue weighted by atomic mass is 10.1. The second-order valence-electron chi connectivity index (χ2n) is 5.17. The highest BCUT2D eigenvalue weighted by Gasteiger charge is 2.07.